The monoisotopic (exact) mass is 282 g/mol. The van der Waals surface area contributed by atoms with Crippen LogP contribution in [0, 0.1) is 11.8 Å². The fourth-order valence-electron chi connectivity index (χ4n) is 3.36. The standard InChI is InChI=1S/C14H26N4O2/c1-10-5-11(2)8-18(7-10)13(19)9-17-4-3-16-6-12(17)14(15)20/h10-12,16H,3-9H2,1-2H3,(H2,15,20). The third-order valence-electron chi connectivity index (χ3n) is 4.24. The van der Waals surface area contributed by atoms with E-state index in [0.717, 1.165) is 19.6 Å². The Labute approximate surface area is 120 Å². The minimum atomic E-state index is -0.368. The fourth-order valence-corrected chi connectivity index (χ4v) is 3.36. The van der Waals surface area contributed by atoms with Crippen molar-refractivity contribution in [2.75, 3.05) is 39.3 Å². The van der Waals surface area contributed by atoms with Crippen LogP contribution >= 0.6 is 0 Å². The molecule has 0 aromatic heterocycles. The second-order valence-electron chi connectivity index (χ2n) is 6.34. The molecule has 3 unspecified atom stereocenters. The molecule has 2 amide bonds. The highest BCUT2D eigenvalue weighted by atomic mass is 16.2. The van der Waals surface area contributed by atoms with Gasteiger partial charge in [-0.3, -0.25) is 14.5 Å². The van der Waals surface area contributed by atoms with Gasteiger partial charge in [0.1, 0.15) is 6.04 Å². The molecule has 0 aliphatic carbocycles. The maximum Gasteiger partial charge on any atom is 0.236 e. The molecular formula is C14H26N4O2. The minimum absolute atomic E-state index is 0.122. The van der Waals surface area contributed by atoms with Crippen molar-refractivity contribution < 1.29 is 9.59 Å². The Morgan fingerprint density at radius 3 is 2.50 bits per heavy atom. The van der Waals surface area contributed by atoms with E-state index < -0.39 is 0 Å². The van der Waals surface area contributed by atoms with Crippen LogP contribution in [0.2, 0.25) is 0 Å². The first-order valence-corrected chi connectivity index (χ1v) is 7.49. The molecule has 6 heteroatoms. The predicted molar refractivity (Wildman–Crippen MR) is 77.0 cm³/mol. The predicted octanol–water partition coefficient (Wildman–Crippen LogP) is -0.750. The smallest absolute Gasteiger partial charge is 0.236 e. The summed E-state index contributed by atoms with van der Waals surface area (Å²) in [5.74, 6) is 0.872. The van der Waals surface area contributed by atoms with Crippen molar-refractivity contribution in [2.45, 2.75) is 26.3 Å². The van der Waals surface area contributed by atoms with Crippen LogP contribution in [-0.2, 0) is 9.59 Å². The number of amides is 2. The van der Waals surface area contributed by atoms with Crippen molar-refractivity contribution in [1.82, 2.24) is 15.1 Å². The largest absolute Gasteiger partial charge is 0.368 e. The van der Waals surface area contributed by atoms with Crippen molar-refractivity contribution in [3.05, 3.63) is 0 Å². The van der Waals surface area contributed by atoms with Gasteiger partial charge in [-0.15, -0.1) is 0 Å². The SMILES string of the molecule is CC1CC(C)CN(C(=O)CN2CCNCC2C(N)=O)C1. The van der Waals surface area contributed by atoms with Crippen molar-refractivity contribution in [3.8, 4) is 0 Å². The first kappa shape index (κ1) is 15.3. The topological polar surface area (TPSA) is 78.7 Å². The molecule has 2 heterocycles. The lowest BCUT2D eigenvalue weighted by Gasteiger charge is -2.38. The zero-order valence-electron chi connectivity index (χ0n) is 12.5. The van der Waals surface area contributed by atoms with Crippen LogP contribution < -0.4 is 11.1 Å². The minimum Gasteiger partial charge on any atom is -0.368 e. The maximum absolute atomic E-state index is 12.4. The zero-order chi connectivity index (χ0) is 14.7. The molecule has 0 spiro atoms. The number of hydrogen-bond donors (Lipinski definition) is 2. The number of nitrogens with zero attached hydrogens (tertiary/aromatic N) is 2. The summed E-state index contributed by atoms with van der Waals surface area (Å²) in [6.45, 7) is 8.36. The number of piperidine rings is 1. The molecule has 3 N–H and O–H groups in total. The van der Waals surface area contributed by atoms with Crippen molar-refractivity contribution in [3.63, 3.8) is 0 Å². The van der Waals surface area contributed by atoms with E-state index in [1.54, 1.807) is 0 Å². The normalized spacial score (nSPS) is 32.1. The summed E-state index contributed by atoms with van der Waals surface area (Å²) in [6.07, 6.45) is 1.18. The molecular weight excluding hydrogens is 256 g/mol. The van der Waals surface area contributed by atoms with Crippen LogP contribution in [0.1, 0.15) is 20.3 Å². The molecule has 2 aliphatic rings. The molecule has 2 aliphatic heterocycles. The summed E-state index contributed by atoms with van der Waals surface area (Å²) in [4.78, 5) is 27.7. The first-order valence-electron chi connectivity index (χ1n) is 7.49. The van der Waals surface area contributed by atoms with Gasteiger partial charge in [0.25, 0.3) is 0 Å². The molecule has 114 valence electrons. The van der Waals surface area contributed by atoms with Crippen LogP contribution in [0.4, 0.5) is 0 Å². The quantitative estimate of drug-likeness (QED) is 0.714. The number of carbonyl (C=O) groups is 2. The summed E-state index contributed by atoms with van der Waals surface area (Å²) in [7, 11) is 0. The van der Waals surface area contributed by atoms with Gasteiger partial charge >= 0.3 is 0 Å². The lowest BCUT2D eigenvalue weighted by molar-refractivity contribution is -0.137. The Hall–Kier alpha value is -1.14. The van der Waals surface area contributed by atoms with Gasteiger partial charge in [0.15, 0.2) is 0 Å². The van der Waals surface area contributed by atoms with E-state index in [1.807, 2.05) is 9.80 Å². The second-order valence-corrected chi connectivity index (χ2v) is 6.34. The van der Waals surface area contributed by atoms with Crippen LogP contribution in [0.25, 0.3) is 0 Å². The summed E-state index contributed by atoms with van der Waals surface area (Å²) < 4.78 is 0. The van der Waals surface area contributed by atoms with Crippen LogP contribution in [0.5, 0.6) is 0 Å². The second kappa shape index (κ2) is 6.54. The molecule has 2 rings (SSSR count). The van der Waals surface area contributed by atoms with Crippen LogP contribution in [-0.4, -0.2) is 66.9 Å². The van der Waals surface area contributed by atoms with Crippen molar-refractivity contribution in [1.29, 1.82) is 0 Å². The van der Waals surface area contributed by atoms with E-state index in [2.05, 4.69) is 19.2 Å². The highest BCUT2D eigenvalue weighted by molar-refractivity contribution is 5.83. The Balaban J connectivity index is 1.94. The molecule has 3 atom stereocenters. The fraction of sp³-hybridized carbons (Fsp3) is 0.857. The van der Waals surface area contributed by atoms with Crippen LogP contribution in [0.3, 0.4) is 0 Å². The van der Waals surface area contributed by atoms with Crippen molar-refractivity contribution in [2.24, 2.45) is 17.6 Å². The lowest BCUT2D eigenvalue weighted by atomic mass is 9.92. The number of primary amides is 1. The van der Waals surface area contributed by atoms with Gasteiger partial charge in [0, 0.05) is 32.7 Å². The molecule has 0 saturated carbocycles. The number of nitrogens with one attached hydrogen (secondary N) is 1. The Morgan fingerprint density at radius 1 is 1.25 bits per heavy atom. The third-order valence-corrected chi connectivity index (χ3v) is 4.24. The number of likely N-dealkylation sites (tertiary alicyclic amines) is 1. The Bertz CT molecular complexity index is 364. The molecule has 2 fully saturated rings. The summed E-state index contributed by atoms with van der Waals surface area (Å²) >= 11 is 0. The Morgan fingerprint density at radius 2 is 1.90 bits per heavy atom. The third kappa shape index (κ3) is 3.70. The van der Waals surface area contributed by atoms with Gasteiger partial charge in [0.2, 0.25) is 11.8 Å². The maximum atomic E-state index is 12.4. The van der Waals surface area contributed by atoms with E-state index in [1.165, 1.54) is 6.42 Å². The number of rotatable bonds is 3. The number of nitrogens with two attached hydrogens (primary N) is 1. The van der Waals surface area contributed by atoms with Crippen molar-refractivity contribution >= 4 is 11.8 Å². The molecule has 2 saturated heterocycles. The van der Waals surface area contributed by atoms with Crippen LogP contribution in [0.15, 0.2) is 0 Å². The highest BCUT2D eigenvalue weighted by Gasteiger charge is 2.31. The molecule has 20 heavy (non-hydrogen) atoms. The average Bonchev–Trinajstić information content (AvgIpc) is 2.37. The van der Waals surface area contributed by atoms with E-state index in [0.29, 0.717) is 31.5 Å². The van der Waals surface area contributed by atoms with Gasteiger partial charge in [-0.25, -0.2) is 0 Å². The van der Waals surface area contributed by atoms with Gasteiger partial charge in [-0.05, 0) is 18.3 Å². The summed E-state index contributed by atoms with van der Waals surface area (Å²) in [5.41, 5.74) is 5.41. The molecule has 0 aromatic rings. The van der Waals surface area contributed by atoms with E-state index in [-0.39, 0.29) is 17.9 Å². The van der Waals surface area contributed by atoms with Gasteiger partial charge in [-0.2, -0.15) is 0 Å². The lowest BCUT2D eigenvalue weighted by Crippen LogP contribution is -2.59. The summed E-state index contributed by atoms with van der Waals surface area (Å²) in [6, 6.07) is -0.368. The number of carbonyl (C=O) groups excluding carboxylic acids is 2. The Kier molecular flexibility index (Phi) is 4.99. The zero-order valence-corrected chi connectivity index (χ0v) is 12.5. The van der Waals surface area contributed by atoms with E-state index in [4.69, 9.17) is 5.73 Å². The van der Waals surface area contributed by atoms with E-state index in [9.17, 15) is 9.59 Å². The van der Waals surface area contributed by atoms with Gasteiger partial charge < -0.3 is 16.0 Å². The van der Waals surface area contributed by atoms with Gasteiger partial charge in [-0.1, -0.05) is 13.8 Å². The van der Waals surface area contributed by atoms with E-state index >= 15 is 0 Å². The summed E-state index contributed by atoms with van der Waals surface area (Å²) in [5, 5.41) is 3.15. The molecule has 0 bridgehead atoms. The van der Waals surface area contributed by atoms with Gasteiger partial charge in [0.05, 0.1) is 6.54 Å². The first-order chi connectivity index (χ1) is 9.47. The molecule has 6 nitrogen and oxygen atoms in total. The molecule has 0 aromatic carbocycles. The number of piperazine rings is 1. The number of hydrogen-bond acceptors (Lipinski definition) is 4. The highest BCUT2D eigenvalue weighted by Crippen LogP contribution is 2.21. The average molecular weight is 282 g/mol. The molecule has 0 radical (unpaired) electrons.